The number of ether oxygens (including phenoxy) is 1. The van der Waals surface area contributed by atoms with Crippen molar-refractivity contribution in [2.75, 3.05) is 45.6 Å². The fourth-order valence-electron chi connectivity index (χ4n) is 3.81. The summed E-state index contributed by atoms with van der Waals surface area (Å²) in [5.41, 5.74) is 5.61. The Labute approximate surface area is 146 Å². The fraction of sp³-hybridized carbons (Fsp3) is 0.800. The number of piperidine rings is 2. The first-order chi connectivity index (χ1) is 12.0. The lowest BCUT2D eigenvalue weighted by Gasteiger charge is -2.48. The van der Waals surface area contributed by atoms with Crippen molar-refractivity contribution in [3.63, 3.8) is 0 Å². The van der Waals surface area contributed by atoms with Crippen LogP contribution in [0.4, 0.5) is 5.95 Å². The predicted octanol–water partition coefficient (Wildman–Crippen LogP) is -0.867. The molecule has 0 radical (unpaired) electrons. The molecule has 3 rings (SSSR count). The van der Waals surface area contributed by atoms with E-state index in [2.05, 4.69) is 15.5 Å². The number of nitrogen functional groups attached to an aromatic ring is 1. The van der Waals surface area contributed by atoms with Gasteiger partial charge in [-0.15, -0.1) is 0 Å². The number of carbonyl (C=O) groups is 2. The van der Waals surface area contributed by atoms with E-state index in [9.17, 15) is 9.59 Å². The van der Waals surface area contributed by atoms with Crippen LogP contribution >= 0.6 is 0 Å². The van der Waals surface area contributed by atoms with Crippen molar-refractivity contribution in [3.8, 4) is 0 Å². The van der Waals surface area contributed by atoms with Crippen LogP contribution in [0.2, 0.25) is 0 Å². The molecule has 138 valence electrons. The van der Waals surface area contributed by atoms with Gasteiger partial charge in [-0.1, -0.05) is 5.10 Å². The van der Waals surface area contributed by atoms with Gasteiger partial charge in [0, 0.05) is 45.1 Å². The van der Waals surface area contributed by atoms with Crippen LogP contribution in [0.5, 0.6) is 0 Å². The van der Waals surface area contributed by atoms with E-state index >= 15 is 0 Å². The molecule has 0 saturated carbocycles. The number of methoxy groups -OCH3 is 1. The second-order valence-electron chi connectivity index (χ2n) is 6.92. The topological polar surface area (TPSA) is 119 Å². The molecule has 10 heteroatoms. The average molecular weight is 351 g/mol. The first-order valence-corrected chi connectivity index (χ1v) is 8.59. The lowest BCUT2D eigenvalue weighted by molar-refractivity contribution is -0.144. The van der Waals surface area contributed by atoms with E-state index in [-0.39, 0.29) is 29.7 Å². The molecule has 25 heavy (non-hydrogen) atoms. The third-order valence-electron chi connectivity index (χ3n) is 5.17. The lowest BCUT2D eigenvalue weighted by atomic mass is 9.73. The van der Waals surface area contributed by atoms with Crippen molar-refractivity contribution in [1.29, 1.82) is 0 Å². The molecule has 1 aromatic heterocycles. The average Bonchev–Trinajstić information content (AvgIpc) is 3.01. The number of nitrogens with two attached hydrogens (primary N) is 1. The largest absolute Gasteiger partial charge is 0.383 e. The molecule has 2 aliphatic heterocycles. The van der Waals surface area contributed by atoms with Crippen LogP contribution in [0.1, 0.15) is 25.7 Å². The summed E-state index contributed by atoms with van der Waals surface area (Å²) in [6.45, 7) is 3.24. The van der Waals surface area contributed by atoms with Crippen molar-refractivity contribution in [3.05, 3.63) is 0 Å². The van der Waals surface area contributed by atoms with Crippen molar-refractivity contribution in [1.82, 2.24) is 30.0 Å². The van der Waals surface area contributed by atoms with Crippen LogP contribution in [0.25, 0.3) is 0 Å². The molecule has 2 amide bonds. The molecule has 3 heterocycles. The van der Waals surface area contributed by atoms with Gasteiger partial charge in [-0.25, -0.2) is 4.68 Å². The van der Waals surface area contributed by atoms with Gasteiger partial charge in [-0.2, -0.15) is 0 Å². The fourth-order valence-corrected chi connectivity index (χ4v) is 3.81. The molecule has 1 aromatic rings. The molecule has 1 spiro atoms. The minimum atomic E-state index is -0.0431. The second kappa shape index (κ2) is 7.34. The molecular formula is C15H25N7O3. The normalized spacial score (nSPS) is 24.1. The number of anilines is 1. The van der Waals surface area contributed by atoms with Crippen LogP contribution in [-0.4, -0.2) is 81.7 Å². The molecule has 2 saturated heterocycles. The van der Waals surface area contributed by atoms with Crippen LogP contribution in [0, 0.1) is 5.41 Å². The van der Waals surface area contributed by atoms with Crippen molar-refractivity contribution >= 4 is 17.8 Å². The molecule has 0 bridgehead atoms. The van der Waals surface area contributed by atoms with Gasteiger partial charge in [0.1, 0.15) is 6.54 Å². The highest BCUT2D eigenvalue weighted by Gasteiger charge is 2.42. The molecule has 0 aliphatic carbocycles. The maximum Gasteiger partial charge on any atom is 0.244 e. The first kappa shape index (κ1) is 17.6. The van der Waals surface area contributed by atoms with Gasteiger partial charge in [-0.05, 0) is 29.7 Å². The maximum absolute atomic E-state index is 12.6. The third kappa shape index (κ3) is 3.89. The summed E-state index contributed by atoms with van der Waals surface area (Å²) < 4.78 is 6.41. The molecular weight excluding hydrogens is 326 g/mol. The zero-order valence-corrected chi connectivity index (χ0v) is 14.6. The van der Waals surface area contributed by atoms with Gasteiger partial charge in [0.2, 0.25) is 17.8 Å². The number of amides is 2. The molecule has 2 fully saturated rings. The summed E-state index contributed by atoms with van der Waals surface area (Å²) >= 11 is 0. The summed E-state index contributed by atoms with van der Waals surface area (Å²) in [6, 6.07) is 0. The summed E-state index contributed by atoms with van der Waals surface area (Å²) in [6.07, 6.45) is 3.32. The quantitative estimate of drug-likeness (QED) is 0.732. The third-order valence-corrected chi connectivity index (χ3v) is 5.17. The van der Waals surface area contributed by atoms with Gasteiger partial charge in [0.15, 0.2) is 0 Å². The van der Waals surface area contributed by atoms with Crippen LogP contribution in [0.3, 0.4) is 0 Å². The molecule has 0 aromatic carbocycles. The Balaban J connectivity index is 1.64. The Morgan fingerprint density at radius 3 is 2.92 bits per heavy atom. The highest BCUT2D eigenvalue weighted by molar-refractivity contribution is 5.78. The van der Waals surface area contributed by atoms with Gasteiger partial charge >= 0.3 is 0 Å². The highest BCUT2D eigenvalue weighted by Crippen LogP contribution is 2.38. The number of aromatic nitrogens is 4. The van der Waals surface area contributed by atoms with E-state index in [1.165, 1.54) is 4.68 Å². The Morgan fingerprint density at radius 1 is 1.36 bits per heavy atom. The molecule has 0 unspecified atom stereocenters. The van der Waals surface area contributed by atoms with Gasteiger partial charge in [0.25, 0.3) is 0 Å². The Morgan fingerprint density at radius 2 is 2.20 bits per heavy atom. The lowest BCUT2D eigenvalue weighted by Crippen LogP contribution is -2.55. The smallest absolute Gasteiger partial charge is 0.244 e. The zero-order valence-electron chi connectivity index (χ0n) is 14.6. The van der Waals surface area contributed by atoms with E-state index in [0.29, 0.717) is 39.2 Å². The highest BCUT2D eigenvalue weighted by atomic mass is 16.5. The summed E-state index contributed by atoms with van der Waals surface area (Å²) in [4.78, 5) is 28.5. The van der Waals surface area contributed by atoms with E-state index in [1.54, 1.807) is 7.11 Å². The molecule has 2 N–H and O–H groups in total. The molecule has 2 aliphatic rings. The minimum Gasteiger partial charge on any atom is -0.383 e. The second-order valence-corrected chi connectivity index (χ2v) is 6.92. The van der Waals surface area contributed by atoms with E-state index in [0.717, 1.165) is 19.3 Å². The monoisotopic (exact) mass is 351 g/mol. The number of rotatable bonds is 5. The Kier molecular flexibility index (Phi) is 5.16. The summed E-state index contributed by atoms with van der Waals surface area (Å²) in [7, 11) is 1.63. The van der Waals surface area contributed by atoms with Crippen LogP contribution < -0.4 is 5.73 Å². The number of likely N-dealkylation sites (tertiary alicyclic amines) is 2. The summed E-state index contributed by atoms with van der Waals surface area (Å²) in [5, 5.41) is 10.8. The first-order valence-electron chi connectivity index (χ1n) is 8.59. The van der Waals surface area contributed by atoms with Crippen LogP contribution in [0.15, 0.2) is 0 Å². The number of hydrogen-bond donors (Lipinski definition) is 1. The number of carbonyl (C=O) groups excluding carboxylic acids is 2. The number of nitrogens with zero attached hydrogens (tertiary/aromatic N) is 6. The minimum absolute atomic E-state index is 0.0261. The Bertz CT molecular complexity index is 634. The van der Waals surface area contributed by atoms with E-state index in [4.69, 9.17) is 10.5 Å². The standard InChI is InChI=1S/C15H25N7O3/c1-25-8-7-21-11-15(5-3-12(21)23)4-2-6-20(10-15)13(24)9-22-14(16)17-18-19-22/h2-11H2,1H3,(H2,16,17,19)/t15-/m1/s1. The Hall–Kier alpha value is -2.23. The predicted molar refractivity (Wildman–Crippen MR) is 88.2 cm³/mol. The zero-order chi connectivity index (χ0) is 17.9. The van der Waals surface area contributed by atoms with Crippen molar-refractivity contribution < 1.29 is 14.3 Å². The molecule has 1 atom stereocenters. The van der Waals surface area contributed by atoms with Gasteiger partial charge in [-0.3, -0.25) is 9.59 Å². The molecule has 10 nitrogen and oxygen atoms in total. The number of hydrogen-bond acceptors (Lipinski definition) is 7. The van der Waals surface area contributed by atoms with E-state index < -0.39 is 0 Å². The summed E-state index contributed by atoms with van der Waals surface area (Å²) in [5.74, 6) is 0.264. The van der Waals surface area contributed by atoms with Crippen molar-refractivity contribution in [2.24, 2.45) is 5.41 Å². The SMILES string of the molecule is COCCN1C[C@]2(CCCN(C(=O)Cn3nnnc3N)C2)CCC1=O. The van der Waals surface area contributed by atoms with Crippen molar-refractivity contribution in [2.45, 2.75) is 32.2 Å². The maximum atomic E-state index is 12.6. The van der Waals surface area contributed by atoms with Gasteiger partial charge < -0.3 is 20.3 Å². The van der Waals surface area contributed by atoms with E-state index in [1.807, 2.05) is 9.80 Å². The van der Waals surface area contributed by atoms with Gasteiger partial charge in [0.05, 0.1) is 6.61 Å². The van der Waals surface area contributed by atoms with Crippen LogP contribution in [-0.2, 0) is 20.9 Å². The number of tetrazole rings is 1.